The van der Waals surface area contributed by atoms with Gasteiger partial charge in [-0.2, -0.15) is 5.26 Å². The molecule has 0 fully saturated rings. The molecule has 2 rings (SSSR count). The Morgan fingerprint density at radius 3 is 2.89 bits per heavy atom. The number of rotatable bonds is 4. The molecule has 0 N–H and O–H groups in total. The van der Waals surface area contributed by atoms with Crippen LogP contribution in [0.5, 0.6) is 0 Å². The molecular weight excluding hydrogens is 256 g/mol. The zero-order valence-electron chi connectivity index (χ0n) is 11.1. The third-order valence-corrected chi connectivity index (χ3v) is 4.06. The average molecular weight is 272 g/mol. The van der Waals surface area contributed by atoms with Crippen LogP contribution in [-0.2, 0) is 0 Å². The van der Waals surface area contributed by atoms with E-state index < -0.39 is 0 Å². The van der Waals surface area contributed by atoms with Gasteiger partial charge in [-0.15, -0.1) is 11.3 Å². The Morgan fingerprint density at radius 1 is 1.47 bits per heavy atom. The first kappa shape index (κ1) is 13.6. The van der Waals surface area contributed by atoms with Crippen LogP contribution in [0.1, 0.15) is 24.2 Å². The van der Waals surface area contributed by atoms with Crippen molar-refractivity contribution in [1.82, 2.24) is 4.90 Å². The van der Waals surface area contributed by atoms with Gasteiger partial charge in [0, 0.05) is 28.6 Å². The number of hydrogen-bond acceptors (Lipinski definition) is 3. The number of benzene rings is 1. The minimum absolute atomic E-state index is 0.0158. The Balaban J connectivity index is 2.30. The molecule has 1 amide bonds. The highest BCUT2D eigenvalue weighted by Gasteiger charge is 2.19. The van der Waals surface area contributed by atoms with Crippen LogP contribution in [0.3, 0.4) is 0 Å². The van der Waals surface area contributed by atoms with Gasteiger partial charge in [0.1, 0.15) is 0 Å². The summed E-state index contributed by atoms with van der Waals surface area (Å²) in [6, 6.07) is 10.1. The zero-order chi connectivity index (χ0) is 13.8. The highest BCUT2D eigenvalue weighted by atomic mass is 32.1. The molecule has 1 aromatic heterocycles. The van der Waals surface area contributed by atoms with Gasteiger partial charge in [-0.1, -0.05) is 18.2 Å². The van der Waals surface area contributed by atoms with E-state index in [4.69, 9.17) is 5.26 Å². The monoisotopic (exact) mass is 272 g/mol. The molecule has 0 radical (unpaired) electrons. The molecule has 98 valence electrons. The van der Waals surface area contributed by atoms with E-state index in [-0.39, 0.29) is 11.8 Å². The summed E-state index contributed by atoms with van der Waals surface area (Å²) >= 11 is 1.58. The quantitative estimate of drug-likeness (QED) is 0.854. The molecule has 1 unspecified atom stereocenters. The summed E-state index contributed by atoms with van der Waals surface area (Å²) < 4.78 is 1.12. The van der Waals surface area contributed by atoms with Crippen molar-refractivity contribution >= 4 is 27.3 Å². The lowest BCUT2D eigenvalue weighted by molar-refractivity contribution is 0.0755. The summed E-state index contributed by atoms with van der Waals surface area (Å²) in [4.78, 5) is 14.3. The summed E-state index contributed by atoms with van der Waals surface area (Å²) in [6.07, 6.45) is 0. The molecule has 0 saturated heterocycles. The molecule has 0 aliphatic rings. The second kappa shape index (κ2) is 5.85. The van der Waals surface area contributed by atoms with E-state index in [9.17, 15) is 4.79 Å². The maximum Gasteiger partial charge on any atom is 0.255 e. The number of carbonyl (C=O) groups is 1. The Hall–Kier alpha value is -1.86. The largest absolute Gasteiger partial charge is 0.338 e. The van der Waals surface area contributed by atoms with Crippen LogP contribution < -0.4 is 0 Å². The van der Waals surface area contributed by atoms with Gasteiger partial charge in [-0.05, 0) is 19.9 Å². The molecule has 1 atom stereocenters. The molecule has 0 saturated carbocycles. The third-order valence-electron chi connectivity index (χ3n) is 3.09. The minimum atomic E-state index is -0.145. The van der Waals surface area contributed by atoms with E-state index in [1.165, 1.54) is 0 Å². The van der Waals surface area contributed by atoms with Crippen LogP contribution in [0.4, 0.5) is 0 Å². The van der Waals surface area contributed by atoms with Crippen molar-refractivity contribution in [2.45, 2.75) is 13.8 Å². The van der Waals surface area contributed by atoms with Crippen molar-refractivity contribution in [3.8, 4) is 6.07 Å². The number of amides is 1. The van der Waals surface area contributed by atoms with Gasteiger partial charge in [0.25, 0.3) is 5.91 Å². The first-order valence-electron chi connectivity index (χ1n) is 6.32. The van der Waals surface area contributed by atoms with Crippen LogP contribution >= 0.6 is 11.3 Å². The molecule has 2 aromatic rings. The van der Waals surface area contributed by atoms with E-state index in [1.807, 2.05) is 43.5 Å². The van der Waals surface area contributed by atoms with Crippen LogP contribution in [0.2, 0.25) is 0 Å². The second-order valence-corrected chi connectivity index (χ2v) is 5.43. The highest BCUT2D eigenvalue weighted by molar-refractivity contribution is 7.17. The number of carbonyl (C=O) groups excluding carboxylic acids is 1. The molecule has 3 nitrogen and oxygen atoms in total. The topological polar surface area (TPSA) is 44.1 Å². The lowest BCUT2D eigenvalue weighted by Crippen LogP contribution is -2.34. The fourth-order valence-electron chi connectivity index (χ4n) is 2.04. The molecule has 0 aliphatic carbocycles. The van der Waals surface area contributed by atoms with Crippen molar-refractivity contribution in [2.75, 3.05) is 13.1 Å². The predicted molar refractivity (Wildman–Crippen MR) is 78.2 cm³/mol. The van der Waals surface area contributed by atoms with Crippen LogP contribution in [0.15, 0.2) is 29.6 Å². The SMILES string of the molecule is CCN(CC(C)C#N)C(=O)c1csc2ccccc12. The van der Waals surface area contributed by atoms with Crippen LogP contribution in [0, 0.1) is 17.2 Å². The second-order valence-electron chi connectivity index (χ2n) is 4.52. The van der Waals surface area contributed by atoms with E-state index in [0.29, 0.717) is 13.1 Å². The molecule has 1 heterocycles. The minimum Gasteiger partial charge on any atom is -0.338 e. The van der Waals surface area contributed by atoms with Gasteiger partial charge in [0.2, 0.25) is 0 Å². The van der Waals surface area contributed by atoms with Crippen molar-refractivity contribution in [3.05, 3.63) is 35.2 Å². The van der Waals surface area contributed by atoms with Crippen molar-refractivity contribution < 1.29 is 4.79 Å². The molecule has 0 bridgehead atoms. The summed E-state index contributed by atoms with van der Waals surface area (Å²) in [5.41, 5.74) is 0.743. The van der Waals surface area contributed by atoms with Gasteiger partial charge in [-0.25, -0.2) is 0 Å². The molecule has 0 spiro atoms. The normalized spacial score (nSPS) is 12.1. The predicted octanol–water partition coefficient (Wildman–Crippen LogP) is 3.52. The molecule has 1 aromatic carbocycles. The Morgan fingerprint density at radius 2 is 2.21 bits per heavy atom. The third kappa shape index (κ3) is 2.77. The van der Waals surface area contributed by atoms with Gasteiger partial charge in [0.05, 0.1) is 17.6 Å². The van der Waals surface area contributed by atoms with Gasteiger partial charge >= 0.3 is 0 Å². The summed E-state index contributed by atoms with van der Waals surface area (Å²) in [7, 11) is 0. The van der Waals surface area contributed by atoms with E-state index in [0.717, 1.165) is 15.6 Å². The number of nitriles is 1. The first-order valence-corrected chi connectivity index (χ1v) is 7.20. The fourth-order valence-corrected chi connectivity index (χ4v) is 2.98. The van der Waals surface area contributed by atoms with E-state index in [2.05, 4.69) is 6.07 Å². The summed E-state index contributed by atoms with van der Waals surface area (Å²) in [5.74, 6) is -0.129. The lowest BCUT2D eigenvalue weighted by Gasteiger charge is -2.21. The Kier molecular flexibility index (Phi) is 4.18. The number of hydrogen-bond donors (Lipinski definition) is 0. The number of fused-ring (bicyclic) bond motifs is 1. The first-order chi connectivity index (χ1) is 9.17. The average Bonchev–Trinajstić information content (AvgIpc) is 2.87. The maximum atomic E-state index is 12.5. The van der Waals surface area contributed by atoms with Gasteiger partial charge in [-0.3, -0.25) is 4.79 Å². The van der Waals surface area contributed by atoms with Crippen molar-refractivity contribution in [3.63, 3.8) is 0 Å². The fraction of sp³-hybridized carbons (Fsp3) is 0.333. The molecule has 0 aliphatic heterocycles. The molecule has 19 heavy (non-hydrogen) atoms. The highest BCUT2D eigenvalue weighted by Crippen LogP contribution is 2.26. The number of nitrogens with zero attached hydrogens (tertiary/aromatic N) is 2. The maximum absolute atomic E-state index is 12.5. The van der Waals surface area contributed by atoms with Crippen molar-refractivity contribution in [2.24, 2.45) is 5.92 Å². The van der Waals surface area contributed by atoms with E-state index in [1.54, 1.807) is 16.2 Å². The smallest absolute Gasteiger partial charge is 0.255 e. The van der Waals surface area contributed by atoms with Crippen LogP contribution in [0.25, 0.3) is 10.1 Å². The van der Waals surface area contributed by atoms with Crippen LogP contribution in [-0.4, -0.2) is 23.9 Å². The van der Waals surface area contributed by atoms with Crippen molar-refractivity contribution in [1.29, 1.82) is 5.26 Å². The zero-order valence-corrected chi connectivity index (χ0v) is 11.9. The van der Waals surface area contributed by atoms with E-state index >= 15 is 0 Å². The van der Waals surface area contributed by atoms with Gasteiger partial charge in [0.15, 0.2) is 0 Å². The molecular formula is C15H16N2OS. The standard InChI is InChI=1S/C15H16N2OS/c1-3-17(9-11(2)8-16)15(18)13-10-19-14-7-5-4-6-12(13)14/h4-7,10-11H,3,9H2,1-2H3. The molecule has 4 heteroatoms. The lowest BCUT2D eigenvalue weighted by atomic mass is 10.1. The summed E-state index contributed by atoms with van der Waals surface area (Å²) in [6.45, 7) is 4.88. The van der Waals surface area contributed by atoms with Gasteiger partial charge < -0.3 is 4.90 Å². The Bertz CT molecular complexity index is 626. The Labute approximate surface area is 117 Å². The number of thiophene rings is 1. The summed E-state index contributed by atoms with van der Waals surface area (Å²) in [5, 5.41) is 11.8.